The summed E-state index contributed by atoms with van der Waals surface area (Å²) in [7, 11) is 1.45. The second kappa shape index (κ2) is 7.84. The van der Waals surface area contributed by atoms with Crippen LogP contribution in [0.5, 0.6) is 5.88 Å². The number of rotatable bonds is 5. The normalized spacial score (nSPS) is 20.3. The van der Waals surface area contributed by atoms with Gasteiger partial charge in [0.25, 0.3) is 5.92 Å². The van der Waals surface area contributed by atoms with Gasteiger partial charge in [-0.1, -0.05) is 0 Å². The van der Waals surface area contributed by atoms with Gasteiger partial charge in [0.2, 0.25) is 23.5 Å². The molecule has 1 N–H and O–H groups in total. The van der Waals surface area contributed by atoms with Gasteiger partial charge < -0.3 is 15.0 Å². The molecule has 0 aromatic carbocycles. The number of alkyl halides is 2. The number of carbonyl (C=O) groups excluding carboxylic acids is 1. The third kappa shape index (κ3) is 3.48. The molecule has 1 atom stereocenters. The van der Waals surface area contributed by atoms with E-state index in [0.717, 1.165) is 16.0 Å². The van der Waals surface area contributed by atoms with Crippen molar-refractivity contribution in [1.29, 1.82) is 5.26 Å². The van der Waals surface area contributed by atoms with Crippen LogP contribution in [0.3, 0.4) is 0 Å². The van der Waals surface area contributed by atoms with Crippen LogP contribution in [0.15, 0.2) is 37.1 Å². The lowest BCUT2D eigenvalue weighted by molar-refractivity contribution is -0.146. The average molecular weight is 493 g/mol. The van der Waals surface area contributed by atoms with Gasteiger partial charge >= 0.3 is 0 Å². The number of hydrogen-bond donors (Lipinski definition) is 1. The zero-order chi connectivity index (χ0) is 25.1. The van der Waals surface area contributed by atoms with Gasteiger partial charge in [-0.3, -0.25) is 9.20 Å². The van der Waals surface area contributed by atoms with Crippen LogP contribution < -0.4 is 10.1 Å². The third-order valence-corrected chi connectivity index (χ3v) is 6.79. The number of carbonyl (C=O) groups is 1. The highest BCUT2D eigenvalue weighted by Crippen LogP contribution is 2.47. The molecule has 2 aliphatic rings. The first-order chi connectivity index (χ1) is 17.3. The van der Waals surface area contributed by atoms with Crippen molar-refractivity contribution >= 4 is 23.1 Å². The van der Waals surface area contributed by atoms with E-state index in [1.807, 2.05) is 18.3 Å². The second-order valence-electron chi connectivity index (χ2n) is 9.11. The van der Waals surface area contributed by atoms with E-state index in [2.05, 4.69) is 25.4 Å². The summed E-state index contributed by atoms with van der Waals surface area (Å²) in [6.07, 6.45) is 9.49. The molecule has 0 spiro atoms. The Hall–Kier alpha value is -4.34. The van der Waals surface area contributed by atoms with Crippen LogP contribution in [0.4, 0.5) is 14.7 Å². The zero-order valence-electron chi connectivity index (χ0n) is 19.2. The van der Waals surface area contributed by atoms with Gasteiger partial charge in [-0.25, -0.2) is 23.3 Å². The number of anilines is 1. The molecule has 1 amide bonds. The van der Waals surface area contributed by atoms with Crippen LogP contribution in [0, 0.1) is 16.7 Å². The molecule has 0 radical (unpaired) electrons. The Balaban J connectivity index is 1.26. The molecule has 6 rings (SSSR count). The topological polar surface area (TPSA) is 126 Å². The number of nitrogens with one attached hydrogen (secondary N) is 1. The summed E-state index contributed by atoms with van der Waals surface area (Å²) < 4.78 is 38.9. The number of methoxy groups -OCH3 is 1. The lowest BCUT2D eigenvalue weighted by atomic mass is 9.98. The van der Waals surface area contributed by atoms with E-state index in [9.17, 15) is 10.1 Å². The van der Waals surface area contributed by atoms with E-state index >= 15 is 8.78 Å². The van der Waals surface area contributed by atoms with E-state index in [1.54, 1.807) is 29.2 Å². The van der Waals surface area contributed by atoms with Gasteiger partial charge in [0, 0.05) is 48.7 Å². The van der Waals surface area contributed by atoms with Gasteiger partial charge in [-0.15, -0.1) is 5.10 Å². The molecule has 184 valence electrons. The Morgan fingerprint density at radius 1 is 1.31 bits per heavy atom. The van der Waals surface area contributed by atoms with Crippen LogP contribution in [-0.2, 0) is 4.79 Å². The van der Waals surface area contributed by atoms with Crippen molar-refractivity contribution in [3.05, 3.63) is 37.1 Å². The maximum Gasteiger partial charge on any atom is 0.285 e. The zero-order valence-corrected chi connectivity index (χ0v) is 19.2. The van der Waals surface area contributed by atoms with Crippen molar-refractivity contribution in [2.75, 3.05) is 25.5 Å². The highest BCUT2D eigenvalue weighted by Gasteiger charge is 2.56. The van der Waals surface area contributed by atoms with Gasteiger partial charge in [0.1, 0.15) is 10.9 Å². The molecule has 1 aliphatic heterocycles. The lowest BCUT2D eigenvalue weighted by Crippen LogP contribution is -2.57. The molecule has 1 saturated heterocycles. The van der Waals surface area contributed by atoms with Crippen molar-refractivity contribution in [2.24, 2.45) is 5.41 Å². The van der Waals surface area contributed by atoms with Crippen molar-refractivity contribution < 1.29 is 18.3 Å². The van der Waals surface area contributed by atoms with E-state index in [0.29, 0.717) is 24.1 Å². The smallest absolute Gasteiger partial charge is 0.285 e. The van der Waals surface area contributed by atoms with E-state index in [4.69, 9.17) is 4.74 Å². The summed E-state index contributed by atoms with van der Waals surface area (Å²) >= 11 is 0. The molecular weight excluding hydrogens is 472 g/mol. The molecule has 11 nitrogen and oxygen atoms in total. The number of likely N-dealkylation sites (tertiary alicyclic amines) is 1. The molecule has 2 fully saturated rings. The molecule has 0 bridgehead atoms. The highest BCUT2D eigenvalue weighted by molar-refractivity contribution is 5.88. The van der Waals surface area contributed by atoms with E-state index in [-0.39, 0.29) is 24.8 Å². The van der Waals surface area contributed by atoms with Crippen LogP contribution in [0.2, 0.25) is 0 Å². The number of fused-ring (bicyclic) bond motifs is 2. The molecule has 36 heavy (non-hydrogen) atoms. The monoisotopic (exact) mass is 493 g/mol. The minimum Gasteiger partial charge on any atom is -0.479 e. The number of imidazole rings is 1. The third-order valence-electron chi connectivity index (χ3n) is 6.79. The quantitative estimate of drug-likeness (QED) is 0.449. The predicted octanol–water partition coefficient (Wildman–Crippen LogP) is 2.40. The molecular formula is C23H21F2N9O2. The van der Waals surface area contributed by atoms with Crippen molar-refractivity contribution in [3.63, 3.8) is 0 Å². The van der Waals surface area contributed by atoms with Gasteiger partial charge in [0.15, 0.2) is 0 Å². The molecule has 4 aromatic heterocycles. The fourth-order valence-corrected chi connectivity index (χ4v) is 4.63. The number of ether oxygens (including phenoxy) is 1. The van der Waals surface area contributed by atoms with Crippen LogP contribution in [-0.4, -0.2) is 71.9 Å². The minimum absolute atomic E-state index is 0.0164. The van der Waals surface area contributed by atoms with Gasteiger partial charge in [-0.2, -0.15) is 10.2 Å². The molecule has 1 aliphatic carbocycles. The fourth-order valence-electron chi connectivity index (χ4n) is 4.63. The maximum absolute atomic E-state index is 15.1. The van der Waals surface area contributed by atoms with E-state index < -0.39 is 29.8 Å². The average Bonchev–Trinajstić information content (AvgIpc) is 3.33. The number of hydrogen-bond acceptors (Lipinski definition) is 8. The highest BCUT2D eigenvalue weighted by atomic mass is 19.3. The molecule has 0 unspecified atom stereocenters. The first kappa shape index (κ1) is 22.1. The summed E-state index contributed by atoms with van der Waals surface area (Å²) in [5.74, 6) is -3.00. The van der Waals surface area contributed by atoms with Crippen molar-refractivity contribution in [3.8, 4) is 23.1 Å². The van der Waals surface area contributed by atoms with Gasteiger partial charge in [0.05, 0.1) is 25.8 Å². The Bertz CT molecular complexity index is 1540. The second-order valence-corrected chi connectivity index (χ2v) is 9.11. The molecule has 4 aromatic rings. The number of piperidine rings is 1. The summed E-state index contributed by atoms with van der Waals surface area (Å²) in [4.78, 5) is 26.5. The Morgan fingerprint density at radius 2 is 2.14 bits per heavy atom. The number of nitriles is 1. The number of aromatic nitrogens is 6. The first-order valence-corrected chi connectivity index (χ1v) is 11.4. The van der Waals surface area contributed by atoms with Crippen LogP contribution in [0.25, 0.3) is 22.4 Å². The maximum atomic E-state index is 15.1. The molecule has 1 saturated carbocycles. The minimum atomic E-state index is -3.24. The summed E-state index contributed by atoms with van der Waals surface area (Å²) in [6.45, 7) is -0.643. The lowest BCUT2D eigenvalue weighted by Gasteiger charge is -2.39. The first-order valence-electron chi connectivity index (χ1n) is 11.4. The SMILES string of the molecule is COc1nc(N[C@@H]2CCN(C(=O)C3(C#N)CC3)CC2(F)F)nn2ccc(-c3cnc4nccn4c3)c12. The Morgan fingerprint density at radius 3 is 2.86 bits per heavy atom. The molecule has 5 heterocycles. The van der Waals surface area contributed by atoms with Crippen LogP contribution in [0.1, 0.15) is 19.3 Å². The predicted molar refractivity (Wildman–Crippen MR) is 122 cm³/mol. The van der Waals surface area contributed by atoms with Crippen molar-refractivity contribution in [2.45, 2.75) is 31.2 Å². The van der Waals surface area contributed by atoms with Crippen molar-refractivity contribution in [1.82, 2.24) is 33.9 Å². The standard InChI is InChI=1S/C23H21F2N9O2/c1-36-18-17-15(14-10-28-21-27-6-9-32(21)11-14)2-8-34(17)31-20(30-18)29-16-3-7-33(13-23(16,24)25)19(35)22(12-26)4-5-22/h2,6,8-11,16H,3-5,7,13H2,1H3,(H,29,31)/t16-/m1/s1. The van der Waals surface area contributed by atoms with Crippen LogP contribution >= 0.6 is 0 Å². The summed E-state index contributed by atoms with van der Waals surface area (Å²) in [5.41, 5.74) is 0.967. The number of halogens is 2. The fraction of sp³-hybridized carbons (Fsp3) is 0.391. The number of amides is 1. The summed E-state index contributed by atoms with van der Waals surface area (Å²) in [6, 6.07) is 2.51. The number of nitrogens with zero attached hydrogens (tertiary/aromatic N) is 8. The Labute approximate surface area is 203 Å². The largest absolute Gasteiger partial charge is 0.479 e. The molecule has 13 heteroatoms. The van der Waals surface area contributed by atoms with Gasteiger partial charge in [-0.05, 0) is 25.3 Å². The Kier molecular flexibility index (Phi) is 4.82. The van der Waals surface area contributed by atoms with E-state index in [1.165, 1.54) is 11.6 Å². The summed E-state index contributed by atoms with van der Waals surface area (Å²) in [5, 5.41) is 16.4.